The molecular formula is C25H41N. The van der Waals surface area contributed by atoms with Crippen LogP contribution in [0.2, 0.25) is 0 Å². The molecule has 1 atom stereocenters. The van der Waals surface area contributed by atoms with Gasteiger partial charge in [-0.15, -0.1) is 0 Å². The standard InChI is InChI=1S/C25H41N/c1-3-5-7-8-9-10-11-12-13-16-20-24(19-15-6-4-2)23-26-25-21-17-14-18-22-25/h4,6,11-12,14,17-18,21-22,24,26H,3,5,7-10,13,15-16,19-20,23H2,1-2H3/b6-4+,12-11+. The van der Waals surface area contributed by atoms with Gasteiger partial charge in [-0.3, -0.25) is 0 Å². The highest BCUT2D eigenvalue weighted by molar-refractivity contribution is 5.42. The number of hydrogen-bond donors (Lipinski definition) is 1. The van der Waals surface area contributed by atoms with Crippen LogP contribution in [0, 0.1) is 5.92 Å². The zero-order valence-electron chi connectivity index (χ0n) is 17.3. The maximum absolute atomic E-state index is 3.62. The van der Waals surface area contributed by atoms with Crippen molar-refractivity contribution in [2.24, 2.45) is 5.92 Å². The molecule has 0 radical (unpaired) electrons. The van der Waals surface area contributed by atoms with Gasteiger partial charge in [-0.2, -0.15) is 0 Å². The lowest BCUT2D eigenvalue weighted by atomic mass is 9.96. The minimum Gasteiger partial charge on any atom is -0.385 e. The normalized spacial score (nSPS) is 12.8. The van der Waals surface area contributed by atoms with E-state index in [4.69, 9.17) is 0 Å². The van der Waals surface area contributed by atoms with E-state index in [2.05, 4.69) is 73.8 Å². The Morgan fingerprint density at radius 3 is 2.27 bits per heavy atom. The summed E-state index contributed by atoms with van der Waals surface area (Å²) in [6.45, 7) is 5.48. The molecule has 1 unspecified atom stereocenters. The summed E-state index contributed by atoms with van der Waals surface area (Å²) in [5, 5.41) is 3.62. The Morgan fingerprint density at radius 2 is 1.54 bits per heavy atom. The maximum Gasteiger partial charge on any atom is 0.0340 e. The van der Waals surface area contributed by atoms with Crippen LogP contribution in [-0.2, 0) is 0 Å². The average Bonchev–Trinajstić information content (AvgIpc) is 2.68. The van der Waals surface area contributed by atoms with Crippen molar-refractivity contribution in [3.63, 3.8) is 0 Å². The zero-order chi connectivity index (χ0) is 18.7. The summed E-state index contributed by atoms with van der Waals surface area (Å²) in [6.07, 6.45) is 23.8. The Bertz CT molecular complexity index is 460. The van der Waals surface area contributed by atoms with E-state index in [1.165, 1.54) is 76.3 Å². The van der Waals surface area contributed by atoms with Crippen molar-refractivity contribution in [3.8, 4) is 0 Å². The van der Waals surface area contributed by atoms with Gasteiger partial charge in [-0.05, 0) is 69.9 Å². The molecule has 0 heterocycles. The fourth-order valence-corrected chi connectivity index (χ4v) is 3.29. The van der Waals surface area contributed by atoms with Crippen LogP contribution in [0.15, 0.2) is 54.6 Å². The topological polar surface area (TPSA) is 12.0 Å². The SMILES string of the molecule is C/C=C/CCC(CCC/C=C/CCCCCCC)CNc1ccccc1. The minimum absolute atomic E-state index is 0.758. The monoisotopic (exact) mass is 355 g/mol. The first kappa shape index (κ1) is 22.5. The summed E-state index contributed by atoms with van der Waals surface area (Å²) >= 11 is 0. The molecule has 1 aromatic rings. The van der Waals surface area contributed by atoms with Gasteiger partial charge in [0.2, 0.25) is 0 Å². The van der Waals surface area contributed by atoms with Crippen LogP contribution in [0.25, 0.3) is 0 Å². The van der Waals surface area contributed by atoms with E-state index in [0.29, 0.717) is 0 Å². The maximum atomic E-state index is 3.62. The summed E-state index contributed by atoms with van der Waals surface area (Å²) in [7, 11) is 0. The smallest absolute Gasteiger partial charge is 0.0340 e. The molecule has 0 saturated heterocycles. The van der Waals surface area contributed by atoms with Crippen molar-refractivity contribution < 1.29 is 0 Å². The first-order chi connectivity index (χ1) is 12.9. The van der Waals surface area contributed by atoms with Crippen molar-refractivity contribution in [1.82, 2.24) is 0 Å². The van der Waals surface area contributed by atoms with E-state index in [9.17, 15) is 0 Å². The lowest BCUT2D eigenvalue weighted by molar-refractivity contribution is 0.462. The summed E-state index contributed by atoms with van der Waals surface area (Å²) in [5.74, 6) is 0.758. The van der Waals surface area contributed by atoms with Crippen LogP contribution in [-0.4, -0.2) is 6.54 Å². The second-order valence-corrected chi connectivity index (χ2v) is 7.36. The Labute approximate surface area is 163 Å². The molecule has 0 aromatic heterocycles. The number of unbranched alkanes of at least 4 members (excludes halogenated alkanes) is 6. The van der Waals surface area contributed by atoms with Gasteiger partial charge in [0.05, 0.1) is 0 Å². The van der Waals surface area contributed by atoms with Crippen molar-refractivity contribution in [2.75, 3.05) is 11.9 Å². The average molecular weight is 356 g/mol. The molecule has 0 bridgehead atoms. The first-order valence-electron chi connectivity index (χ1n) is 10.9. The van der Waals surface area contributed by atoms with Crippen LogP contribution in [0.3, 0.4) is 0 Å². The van der Waals surface area contributed by atoms with Crippen molar-refractivity contribution in [3.05, 3.63) is 54.6 Å². The molecule has 0 aliphatic heterocycles. The van der Waals surface area contributed by atoms with Crippen LogP contribution in [0.5, 0.6) is 0 Å². The summed E-state index contributed by atoms with van der Waals surface area (Å²) in [6, 6.07) is 10.6. The second kappa shape index (κ2) is 16.9. The molecule has 1 rings (SSSR count). The van der Waals surface area contributed by atoms with Crippen molar-refractivity contribution >= 4 is 5.69 Å². The van der Waals surface area contributed by atoms with Crippen LogP contribution in [0.1, 0.15) is 84.5 Å². The fourth-order valence-electron chi connectivity index (χ4n) is 3.29. The van der Waals surface area contributed by atoms with E-state index >= 15 is 0 Å². The molecule has 1 N–H and O–H groups in total. The second-order valence-electron chi connectivity index (χ2n) is 7.36. The van der Waals surface area contributed by atoms with Crippen molar-refractivity contribution in [1.29, 1.82) is 0 Å². The van der Waals surface area contributed by atoms with Crippen LogP contribution >= 0.6 is 0 Å². The van der Waals surface area contributed by atoms with Gasteiger partial charge in [-0.1, -0.05) is 75.1 Å². The number of rotatable bonds is 16. The Kier molecular flexibility index (Phi) is 14.7. The molecule has 0 fully saturated rings. The van der Waals surface area contributed by atoms with E-state index in [-0.39, 0.29) is 0 Å². The van der Waals surface area contributed by atoms with E-state index < -0.39 is 0 Å². The van der Waals surface area contributed by atoms with E-state index in [1.54, 1.807) is 0 Å². The third-order valence-corrected chi connectivity index (χ3v) is 4.97. The molecule has 0 aliphatic carbocycles. The lowest BCUT2D eigenvalue weighted by Gasteiger charge is -2.17. The van der Waals surface area contributed by atoms with Gasteiger partial charge in [0.25, 0.3) is 0 Å². The molecule has 0 aliphatic rings. The number of benzene rings is 1. The highest BCUT2D eigenvalue weighted by Gasteiger charge is 2.07. The third kappa shape index (κ3) is 12.8. The largest absolute Gasteiger partial charge is 0.385 e. The first-order valence-corrected chi connectivity index (χ1v) is 10.9. The van der Waals surface area contributed by atoms with Gasteiger partial charge in [0.15, 0.2) is 0 Å². The molecular weight excluding hydrogens is 314 g/mol. The minimum atomic E-state index is 0.758. The number of hydrogen-bond acceptors (Lipinski definition) is 1. The van der Waals surface area contributed by atoms with Gasteiger partial charge in [0, 0.05) is 12.2 Å². The third-order valence-electron chi connectivity index (χ3n) is 4.97. The highest BCUT2D eigenvalue weighted by atomic mass is 14.9. The van der Waals surface area contributed by atoms with Gasteiger partial charge < -0.3 is 5.32 Å². The molecule has 26 heavy (non-hydrogen) atoms. The fraction of sp³-hybridized carbons (Fsp3) is 0.600. The molecule has 146 valence electrons. The Morgan fingerprint density at radius 1 is 0.808 bits per heavy atom. The Hall–Kier alpha value is -1.50. The molecule has 1 aromatic carbocycles. The predicted octanol–water partition coefficient (Wildman–Crippen LogP) is 8.16. The lowest BCUT2D eigenvalue weighted by Crippen LogP contribution is -2.14. The zero-order valence-corrected chi connectivity index (χ0v) is 17.3. The number of anilines is 1. The quantitative estimate of drug-likeness (QED) is 0.233. The van der Waals surface area contributed by atoms with Crippen LogP contribution < -0.4 is 5.32 Å². The summed E-state index contributed by atoms with van der Waals surface area (Å²) in [5.41, 5.74) is 1.24. The molecule has 0 amide bonds. The van der Waals surface area contributed by atoms with Gasteiger partial charge >= 0.3 is 0 Å². The predicted molar refractivity (Wildman–Crippen MR) is 119 cm³/mol. The number of nitrogens with one attached hydrogen (secondary N) is 1. The number of para-hydroxylation sites is 1. The van der Waals surface area contributed by atoms with Gasteiger partial charge in [0.1, 0.15) is 0 Å². The summed E-state index contributed by atoms with van der Waals surface area (Å²) < 4.78 is 0. The highest BCUT2D eigenvalue weighted by Crippen LogP contribution is 2.17. The Balaban J connectivity index is 2.18. The summed E-state index contributed by atoms with van der Waals surface area (Å²) in [4.78, 5) is 0. The number of allylic oxidation sites excluding steroid dienone is 4. The van der Waals surface area contributed by atoms with Crippen molar-refractivity contribution in [2.45, 2.75) is 84.5 Å². The van der Waals surface area contributed by atoms with Crippen LogP contribution in [0.4, 0.5) is 5.69 Å². The van der Waals surface area contributed by atoms with E-state index in [1.807, 2.05) is 0 Å². The van der Waals surface area contributed by atoms with E-state index in [0.717, 1.165) is 12.5 Å². The van der Waals surface area contributed by atoms with Gasteiger partial charge in [-0.25, -0.2) is 0 Å². The molecule has 0 saturated carbocycles. The molecule has 1 heteroatoms. The molecule has 1 nitrogen and oxygen atoms in total. The molecule has 0 spiro atoms.